The number of alkyl halides is 3. The molecule has 1 unspecified atom stereocenters. The van der Waals surface area contributed by atoms with E-state index in [1.807, 2.05) is 5.32 Å². The molecule has 2 N–H and O–H groups in total. The van der Waals surface area contributed by atoms with E-state index in [2.05, 4.69) is 19.9 Å². The molecule has 4 heterocycles. The molecule has 1 atom stereocenters. The molecule has 1 aliphatic rings. The molecular weight excluding hydrogens is 489 g/mol. The first kappa shape index (κ1) is 24.5. The fourth-order valence-electron chi connectivity index (χ4n) is 3.85. The SMILES string of the molecule is CN(C)C(=O)N1CCN(c2ccnc(-c3c[nH]c4ncc(Cl)cc34)n2)C(C(=O)NCC(F)(F)F)C1. The monoisotopic (exact) mass is 510 g/mol. The molecular formula is C21H22ClF3N8O2. The van der Waals surface area contributed by atoms with E-state index < -0.39 is 24.7 Å². The van der Waals surface area contributed by atoms with Gasteiger partial charge >= 0.3 is 12.2 Å². The number of aromatic amines is 1. The average molecular weight is 511 g/mol. The summed E-state index contributed by atoms with van der Waals surface area (Å²) in [4.78, 5) is 45.7. The normalized spacial score (nSPS) is 16.5. The highest BCUT2D eigenvalue weighted by atomic mass is 35.5. The van der Waals surface area contributed by atoms with Crippen molar-refractivity contribution in [3.63, 3.8) is 0 Å². The van der Waals surface area contributed by atoms with Gasteiger partial charge in [-0.25, -0.2) is 19.7 Å². The number of hydrogen-bond donors (Lipinski definition) is 2. The summed E-state index contributed by atoms with van der Waals surface area (Å²) in [6, 6.07) is 1.85. The van der Waals surface area contributed by atoms with Crippen molar-refractivity contribution in [2.75, 3.05) is 45.2 Å². The molecule has 0 saturated carbocycles. The Bertz CT molecular complexity index is 1250. The molecule has 3 aromatic rings. The van der Waals surface area contributed by atoms with Gasteiger partial charge in [-0.3, -0.25) is 4.79 Å². The standard InChI is InChI=1S/C21H22ClF3N8O2/c1-31(2)20(35)32-5-6-33(15(10-32)19(34)29-11-21(23,24)25)16-3-4-26-18(30-16)14-9-28-17-13(14)7-12(22)8-27-17/h3-4,7-9,15H,5-6,10-11H2,1-2H3,(H,27,28)(H,29,34). The first-order valence-electron chi connectivity index (χ1n) is 10.6. The molecule has 1 aliphatic heterocycles. The Morgan fingerprint density at radius 3 is 2.77 bits per heavy atom. The van der Waals surface area contributed by atoms with Gasteiger partial charge in [0.1, 0.15) is 24.1 Å². The van der Waals surface area contributed by atoms with Crippen molar-refractivity contribution in [2.24, 2.45) is 0 Å². The highest BCUT2D eigenvalue weighted by Crippen LogP contribution is 2.29. The van der Waals surface area contributed by atoms with Gasteiger partial charge in [-0.15, -0.1) is 0 Å². The number of rotatable bonds is 4. The van der Waals surface area contributed by atoms with E-state index in [0.29, 0.717) is 33.3 Å². The zero-order chi connectivity index (χ0) is 25.3. The summed E-state index contributed by atoms with van der Waals surface area (Å²) in [6.45, 7) is -1.14. The van der Waals surface area contributed by atoms with Crippen molar-refractivity contribution in [1.29, 1.82) is 0 Å². The molecule has 186 valence electrons. The fourth-order valence-corrected chi connectivity index (χ4v) is 4.00. The van der Waals surface area contributed by atoms with Gasteiger partial charge in [0.15, 0.2) is 5.82 Å². The number of carbonyl (C=O) groups excluding carboxylic acids is 2. The van der Waals surface area contributed by atoms with Crippen LogP contribution in [0.3, 0.4) is 0 Å². The number of nitrogens with one attached hydrogen (secondary N) is 2. The number of H-pyrrole nitrogens is 1. The van der Waals surface area contributed by atoms with Gasteiger partial charge in [-0.1, -0.05) is 11.6 Å². The average Bonchev–Trinajstić information content (AvgIpc) is 3.24. The fraction of sp³-hybridized carbons (Fsp3) is 0.381. The van der Waals surface area contributed by atoms with Gasteiger partial charge in [-0.05, 0) is 12.1 Å². The number of amides is 3. The minimum absolute atomic E-state index is 0.105. The summed E-state index contributed by atoms with van der Waals surface area (Å²) in [7, 11) is 3.12. The van der Waals surface area contributed by atoms with E-state index in [1.54, 1.807) is 37.3 Å². The molecule has 1 fully saturated rings. The van der Waals surface area contributed by atoms with E-state index in [-0.39, 0.29) is 25.7 Å². The summed E-state index contributed by atoms with van der Waals surface area (Å²) in [5.74, 6) is -0.204. The quantitative estimate of drug-likeness (QED) is 0.558. The molecule has 35 heavy (non-hydrogen) atoms. The predicted molar refractivity (Wildman–Crippen MR) is 123 cm³/mol. The maximum atomic E-state index is 12.8. The number of aromatic nitrogens is 4. The van der Waals surface area contributed by atoms with Crippen LogP contribution in [0.5, 0.6) is 0 Å². The van der Waals surface area contributed by atoms with Crippen LogP contribution in [-0.4, -0.2) is 94.2 Å². The smallest absolute Gasteiger partial charge is 0.345 e. The third kappa shape index (κ3) is 5.39. The first-order chi connectivity index (χ1) is 16.5. The molecule has 0 bridgehead atoms. The Hall–Kier alpha value is -3.61. The summed E-state index contributed by atoms with van der Waals surface area (Å²) in [5.41, 5.74) is 1.20. The van der Waals surface area contributed by atoms with Crippen LogP contribution in [0.15, 0.2) is 30.7 Å². The molecule has 0 aliphatic carbocycles. The second-order valence-corrected chi connectivity index (χ2v) is 8.59. The number of carbonyl (C=O) groups is 2. The van der Waals surface area contributed by atoms with Gasteiger partial charge < -0.3 is 25.0 Å². The summed E-state index contributed by atoms with van der Waals surface area (Å²) in [6.07, 6.45) is 0.103. The number of piperazine rings is 1. The molecule has 4 rings (SSSR count). The van der Waals surface area contributed by atoms with Gasteiger partial charge in [0.05, 0.1) is 11.6 Å². The molecule has 1 saturated heterocycles. The zero-order valence-corrected chi connectivity index (χ0v) is 19.6. The van der Waals surface area contributed by atoms with Gasteiger partial charge in [0.2, 0.25) is 5.91 Å². The number of pyridine rings is 1. The van der Waals surface area contributed by atoms with Crippen LogP contribution in [0.1, 0.15) is 0 Å². The lowest BCUT2D eigenvalue weighted by Crippen LogP contribution is -2.62. The van der Waals surface area contributed by atoms with Crippen molar-refractivity contribution in [2.45, 2.75) is 12.2 Å². The number of urea groups is 1. The summed E-state index contributed by atoms with van der Waals surface area (Å²) < 4.78 is 38.2. The molecule has 10 nitrogen and oxygen atoms in total. The predicted octanol–water partition coefficient (Wildman–Crippen LogP) is 2.52. The van der Waals surface area contributed by atoms with E-state index in [9.17, 15) is 22.8 Å². The maximum Gasteiger partial charge on any atom is 0.405 e. The number of anilines is 1. The second kappa shape index (κ2) is 9.56. The second-order valence-electron chi connectivity index (χ2n) is 8.16. The van der Waals surface area contributed by atoms with E-state index in [0.717, 1.165) is 0 Å². The van der Waals surface area contributed by atoms with Crippen molar-refractivity contribution in [3.05, 3.63) is 35.7 Å². The minimum Gasteiger partial charge on any atom is -0.345 e. The van der Waals surface area contributed by atoms with E-state index in [4.69, 9.17) is 11.6 Å². The van der Waals surface area contributed by atoms with Crippen LogP contribution in [0.4, 0.5) is 23.8 Å². The molecule has 0 spiro atoms. The Labute approximate surface area is 203 Å². The number of halogens is 4. The lowest BCUT2D eigenvalue weighted by atomic mass is 10.1. The van der Waals surface area contributed by atoms with Gasteiger partial charge in [0, 0.05) is 56.7 Å². The number of fused-ring (bicyclic) bond motifs is 1. The van der Waals surface area contributed by atoms with Crippen LogP contribution < -0.4 is 10.2 Å². The molecule has 3 amide bonds. The largest absolute Gasteiger partial charge is 0.405 e. The Kier molecular flexibility index (Phi) is 6.70. The Morgan fingerprint density at radius 2 is 2.06 bits per heavy atom. The van der Waals surface area contributed by atoms with Crippen molar-refractivity contribution >= 4 is 40.4 Å². The van der Waals surface area contributed by atoms with Crippen LogP contribution in [0.2, 0.25) is 5.02 Å². The Balaban J connectivity index is 1.66. The van der Waals surface area contributed by atoms with Crippen molar-refractivity contribution in [1.82, 2.24) is 35.1 Å². The van der Waals surface area contributed by atoms with Crippen molar-refractivity contribution < 1.29 is 22.8 Å². The topological polar surface area (TPSA) is 110 Å². The van der Waals surface area contributed by atoms with Gasteiger partial charge in [0.25, 0.3) is 0 Å². The van der Waals surface area contributed by atoms with Crippen LogP contribution in [0, 0.1) is 0 Å². The molecule has 0 aromatic carbocycles. The lowest BCUT2D eigenvalue weighted by molar-refractivity contribution is -0.139. The first-order valence-corrected chi connectivity index (χ1v) is 10.9. The lowest BCUT2D eigenvalue weighted by Gasteiger charge is -2.41. The van der Waals surface area contributed by atoms with Crippen LogP contribution in [0.25, 0.3) is 22.4 Å². The molecule has 3 aromatic heterocycles. The minimum atomic E-state index is -4.57. The Morgan fingerprint density at radius 1 is 1.29 bits per heavy atom. The maximum absolute atomic E-state index is 12.8. The van der Waals surface area contributed by atoms with Crippen molar-refractivity contribution in [3.8, 4) is 11.4 Å². The van der Waals surface area contributed by atoms with Crippen LogP contribution in [-0.2, 0) is 4.79 Å². The number of hydrogen-bond acceptors (Lipinski definition) is 6. The molecule has 14 heteroatoms. The zero-order valence-electron chi connectivity index (χ0n) is 18.8. The van der Waals surface area contributed by atoms with E-state index in [1.165, 1.54) is 22.2 Å². The third-order valence-electron chi connectivity index (χ3n) is 5.47. The highest BCUT2D eigenvalue weighted by molar-refractivity contribution is 6.31. The summed E-state index contributed by atoms with van der Waals surface area (Å²) in [5, 5.41) is 3.04. The highest BCUT2D eigenvalue weighted by Gasteiger charge is 2.37. The number of nitrogens with zero attached hydrogens (tertiary/aromatic N) is 6. The summed E-state index contributed by atoms with van der Waals surface area (Å²) >= 11 is 6.08. The van der Waals surface area contributed by atoms with E-state index >= 15 is 0 Å². The van der Waals surface area contributed by atoms with Gasteiger partial charge in [-0.2, -0.15) is 13.2 Å². The van der Waals surface area contributed by atoms with Crippen LogP contribution >= 0.6 is 11.6 Å². The third-order valence-corrected chi connectivity index (χ3v) is 5.68. The molecule has 0 radical (unpaired) electrons.